The molecule has 0 spiro atoms. The number of ether oxygens (including phenoxy) is 1. The molecule has 0 amide bonds. The summed E-state index contributed by atoms with van der Waals surface area (Å²) < 4.78 is 9.93. The van der Waals surface area contributed by atoms with Crippen LogP contribution in [0, 0.1) is 0 Å². The summed E-state index contributed by atoms with van der Waals surface area (Å²) in [6, 6.07) is 11.8. The highest BCUT2D eigenvalue weighted by Crippen LogP contribution is 2.25. The number of furan rings is 1. The molecule has 0 saturated heterocycles. The average molecular weight is 303 g/mol. The Morgan fingerprint density at radius 2 is 2.05 bits per heavy atom. The molecule has 0 saturated carbocycles. The van der Waals surface area contributed by atoms with Crippen molar-refractivity contribution in [3.63, 3.8) is 0 Å². The van der Waals surface area contributed by atoms with Crippen LogP contribution in [0.5, 0.6) is 0 Å². The van der Waals surface area contributed by atoms with Gasteiger partial charge in [-0.1, -0.05) is 30.3 Å². The third-order valence-electron chi connectivity index (χ3n) is 3.66. The molecule has 118 valence electrons. The van der Waals surface area contributed by atoms with Gasteiger partial charge in [-0.3, -0.25) is 4.90 Å². The van der Waals surface area contributed by atoms with Gasteiger partial charge in [0.2, 0.25) is 5.76 Å². The lowest BCUT2D eigenvalue weighted by Crippen LogP contribution is -2.25. The van der Waals surface area contributed by atoms with Crippen LogP contribution in [0.25, 0.3) is 0 Å². The van der Waals surface area contributed by atoms with Gasteiger partial charge in [-0.15, -0.1) is 0 Å². The quantitative estimate of drug-likeness (QED) is 0.797. The van der Waals surface area contributed by atoms with Crippen LogP contribution in [-0.2, 0) is 11.3 Å². The summed E-state index contributed by atoms with van der Waals surface area (Å²) in [5.74, 6) is -0.253. The van der Waals surface area contributed by atoms with Crippen LogP contribution in [0.3, 0.4) is 0 Å². The van der Waals surface area contributed by atoms with E-state index in [1.54, 1.807) is 6.07 Å². The van der Waals surface area contributed by atoms with Gasteiger partial charge in [-0.2, -0.15) is 0 Å². The smallest absolute Gasteiger partial charge is 0.374 e. The number of esters is 1. The van der Waals surface area contributed by atoms with E-state index in [4.69, 9.17) is 9.15 Å². The fraction of sp³-hybridized carbons (Fsp3) is 0.353. The molecule has 1 aromatic carbocycles. The van der Waals surface area contributed by atoms with E-state index in [1.807, 2.05) is 37.4 Å². The summed E-state index contributed by atoms with van der Waals surface area (Å²) >= 11 is 0. The van der Waals surface area contributed by atoms with Gasteiger partial charge in [-0.25, -0.2) is 4.79 Å². The predicted octanol–water partition coefficient (Wildman–Crippen LogP) is 2.62. The van der Waals surface area contributed by atoms with Gasteiger partial charge in [0.1, 0.15) is 0 Å². The number of carbonyl (C=O) groups is 1. The molecule has 2 aromatic rings. The summed E-state index contributed by atoms with van der Waals surface area (Å²) in [5, 5.41) is 9.33. The number of hydrogen-bond acceptors (Lipinski definition) is 5. The zero-order chi connectivity index (χ0) is 15.9. The first-order valence-electron chi connectivity index (χ1n) is 7.18. The largest absolute Gasteiger partial charge is 0.463 e. The number of benzene rings is 1. The van der Waals surface area contributed by atoms with Crippen molar-refractivity contribution in [2.75, 3.05) is 20.8 Å². The van der Waals surface area contributed by atoms with Crippen molar-refractivity contribution in [1.29, 1.82) is 0 Å². The van der Waals surface area contributed by atoms with E-state index in [1.165, 1.54) is 13.4 Å². The number of nitrogens with zero attached hydrogens (tertiary/aromatic N) is 1. The minimum Gasteiger partial charge on any atom is -0.463 e. The van der Waals surface area contributed by atoms with Gasteiger partial charge in [0.05, 0.1) is 13.4 Å². The Morgan fingerprint density at radius 1 is 1.32 bits per heavy atom. The monoisotopic (exact) mass is 303 g/mol. The second kappa shape index (κ2) is 7.77. The number of carbonyl (C=O) groups excluding carboxylic acids is 1. The third-order valence-corrected chi connectivity index (χ3v) is 3.66. The maximum atomic E-state index is 11.7. The molecule has 0 aliphatic carbocycles. The summed E-state index contributed by atoms with van der Waals surface area (Å²) in [6.07, 6.45) is 2.10. The van der Waals surface area contributed by atoms with Crippen LogP contribution < -0.4 is 0 Å². The molecule has 0 bridgehead atoms. The molecular weight excluding hydrogens is 282 g/mol. The van der Waals surface area contributed by atoms with Gasteiger partial charge in [-0.05, 0) is 25.1 Å². The number of methoxy groups -OCH3 is 1. The lowest BCUT2D eigenvalue weighted by molar-refractivity contribution is 0.0561. The minimum absolute atomic E-state index is 0.0617. The zero-order valence-corrected chi connectivity index (χ0v) is 12.9. The van der Waals surface area contributed by atoms with E-state index in [-0.39, 0.29) is 18.4 Å². The normalized spacial score (nSPS) is 12.4. The van der Waals surface area contributed by atoms with Gasteiger partial charge in [0.15, 0.2) is 0 Å². The van der Waals surface area contributed by atoms with Crippen LogP contribution in [-0.4, -0.2) is 36.7 Å². The van der Waals surface area contributed by atoms with E-state index in [0.29, 0.717) is 13.0 Å². The summed E-state index contributed by atoms with van der Waals surface area (Å²) in [6.45, 7) is 0.625. The number of rotatable bonds is 7. The van der Waals surface area contributed by atoms with Gasteiger partial charge < -0.3 is 14.3 Å². The van der Waals surface area contributed by atoms with Crippen molar-refractivity contribution in [3.8, 4) is 0 Å². The molecule has 5 nitrogen and oxygen atoms in total. The van der Waals surface area contributed by atoms with E-state index in [9.17, 15) is 9.90 Å². The molecule has 1 atom stereocenters. The third kappa shape index (κ3) is 3.75. The van der Waals surface area contributed by atoms with Crippen LogP contribution in [0.2, 0.25) is 0 Å². The van der Waals surface area contributed by atoms with E-state index in [0.717, 1.165) is 11.1 Å². The fourth-order valence-corrected chi connectivity index (χ4v) is 2.55. The highest BCUT2D eigenvalue weighted by Gasteiger charge is 2.21. The van der Waals surface area contributed by atoms with E-state index < -0.39 is 5.97 Å². The number of hydrogen-bond donors (Lipinski definition) is 1. The van der Waals surface area contributed by atoms with Gasteiger partial charge in [0, 0.05) is 24.8 Å². The van der Waals surface area contributed by atoms with Crippen molar-refractivity contribution in [2.24, 2.45) is 0 Å². The maximum absolute atomic E-state index is 11.7. The molecule has 1 aromatic heterocycles. The molecule has 1 unspecified atom stereocenters. The fourth-order valence-electron chi connectivity index (χ4n) is 2.55. The lowest BCUT2D eigenvalue weighted by Gasteiger charge is -2.28. The van der Waals surface area contributed by atoms with Crippen LogP contribution >= 0.6 is 0 Å². The Balaban J connectivity index is 2.17. The van der Waals surface area contributed by atoms with Crippen LogP contribution in [0.4, 0.5) is 0 Å². The second-order valence-corrected chi connectivity index (χ2v) is 5.12. The number of aliphatic hydroxyl groups is 1. The lowest BCUT2D eigenvalue weighted by atomic mass is 10.0. The Hall–Kier alpha value is -2.11. The molecule has 1 heterocycles. The SMILES string of the molecule is COC(=O)c1occc1CN(C)C(CCO)c1ccccc1. The summed E-state index contributed by atoms with van der Waals surface area (Å²) in [7, 11) is 3.29. The number of aliphatic hydroxyl groups excluding tert-OH is 1. The molecule has 1 N–H and O–H groups in total. The Labute approximate surface area is 130 Å². The highest BCUT2D eigenvalue weighted by atomic mass is 16.5. The first-order valence-corrected chi connectivity index (χ1v) is 7.18. The van der Waals surface area contributed by atoms with Crippen molar-refractivity contribution in [2.45, 2.75) is 19.0 Å². The molecular formula is C17H21NO4. The van der Waals surface area contributed by atoms with Gasteiger partial charge in [0.25, 0.3) is 0 Å². The molecule has 2 rings (SSSR count). The Morgan fingerprint density at radius 3 is 2.68 bits per heavy atom. The van der Waals surface area contributed by atoms with Crippen LogP contribution in [0.1, 0.15) is 34.1 Å². The first kappa shape index (κ1) is 16.3. The maximum Gasteiger partial charge on any atom is 0.374 e. The minimum atomic E-state index is -0.480. The van der Waals surface area contributed by atoms with Crippen molar-refractivity contribution >= 4 is 5.97 Å². The van der Waals surface area contributed by atoms with Crippen molar-refractivity contribution < 1.29 is 19.1 Å². The average Bonchev–Trinajstić information content (AvgIpc) is 3.00. The van der Waals surface area contributed by atoms with Crippen molar-refractivity contribution in [1.82, 2.24) is 4.90 Å². The molecule has 0 aliphatic rings. The molecule has 0 aliphatic heterocycles. The van der Waals surface area contributed by atoms with Crippen LogP contribution in [0.15, 0.2) is 47.1 Å². The van der Waals surface area contributed by atoms with E-state index in [2.05, 4.69) is 4.90 Å². The Kier molecular flexibility index (Phi) is 5.75. The molecule has 0 radical (unpaired) electrons. The topological polar surface area (TPSA) is 62.9 Å². The molecule has 5 heteroatoms. The van der Waals surface area contributed by atoms with E-state index >= 15 is 0 Å². The first-order chi connectivity index (χ1) is 10.7. The highest BCUT2D eigenvalue weighted by molar-refractivity contribution is 5.87. The summed E-state index contributed by atoms with van der Waals surface area (Å²) in [4.78, 5) is 13.8. The molecule has 22 heavy (non-hydrogen) atoms. The summed E-state index contributed by atoms with van der Waals surface area (Å²) in [5.41, 5.74) is 1.90. The van der Waals surface area contributed by atoms with Crippen molar-refractivity contribution in [3.05, 3.63) is 59.5 Å². The second-order valence-electron chi connectivity index (χ2n) is 5.12. The predicted molar refractivity (Wildman–Crippen MR) is 82.4 cm³/mol. The zero-order valence-electron chi connectivity index (χ0n) is 12.9. The molecule has 0 fully saturated rings. The standard InChI is InChI=1S/C17H21NO4/c1-18(12-14-9-11-22-16(14)17(20)21-2)15(8-10-19)13-6-4-3-5-7-13/h3-7,9,11,15,19H,8,10,12H2,1-2H3. The van der Waals surface area contributed by atoms with Gasteiger partial charge >= 0.3 is 5.97 Å². The Bertz CT molecular complexity index is 594.